The standard InChI is InChI=1S/C18H15FN2OS/c19-13-6-3-5-12(11-13)18(9-4-10-18)16(22)21-17-20-14-7-1-2-8-15(14)23-17/h1-3,5-8,11H,4,9-10H2,(H,20,21,22). The monoisotopic (exact) mass is 326 g/mol. The third-order valence-corrected chi connectivity index (χ3v) is 5.49. The van der Waals surface area contributed by atoms with Crippen LogP contribution in [0, 0.1) is 5.82 Å². The van der Waals surface area contributed by atoms with Crippen LogP contribution in [-0.2, 0) is 10.2 Å². The number of aromatic nitrogens is 1. The van der Waals surface area contributed by atoms with Gasteiger partial charge in [0.2, 0.25) is 5.91 Å². The summed E-state index contributed by atoms with van der Waals surface area (Å²) in [4.78, 5) is 17.3. The summed E-state index contributed by atoms with van der Waals surface area (Å²) in [7, 11) is 0. The molecule has 1 N–H and O–H groups in total. The summed E-state index contributed by atoms with van der Waals surface area (Å²) >= 11 is 1.46. The van der Waals surface area contributed by atoms with E-state index >= 15 is 0 Å². The largest absolute Gasteiger partial charge is 0.301 e. The number of hydrogen-bond donors (Lipinski definition) is 1. The van der Waals surface area contributed by atoms with Crippen LogP contribution in [0.2, 0.25) is 0 Å². The molecule has 0 atom stereocenters. The molecular weight excluding hydrogens is 311 g/mol. The number of fused-ring (bicyclic) bond motifs is 1. The van der Waals surface area contributed by atoms with Gasteiger partial charge in [0.1, 0.15) is 5.82 Å². The maximum absolute atomic E-state index is 13.5. The Bertz CT molecular complexity index is 852. The number of hydrogen-bond acceptors (Lipinski definition) is 3. The Labute approximate surface area is 137 Å². The number of para-hydroxylation sites is 1. The highest BCUT2D eigenvalue weighted by atomic mass is 32.1. The van der Waals surface area contributed by atoms with Gasteiger partial charge in [-0.25, -0.2) is 9.37 Å². The SMILES string of the molecule is O=C(Nc1nc2ccccc2s1)C1(c2cccc(F)c2)CCC1. The molecule has 3 aromatic rings. The van der Waals surface area contributed by atoms with Crippen molar-refractivity contribution in [2.75, 3.05) is 5.32 Å². The minimum absolute atomic E-state index is 0.0894. The zero-order valence-corrected chi connectivity index (χ0v) is 13.2. The van der Waals surface area contributed by atoms with Crippen LogP contribution in [-0.4, -0.2) is 10.9 Å². The lowest BCUT2D eigenvalue weighted by Crippen LogP contribution is -2.46. The van der Waals surface area contributed by atoms with Gasteiger partial charge in [-0.3, -0.25) is 4.79 Å². The maximum Gasteiger partial charge on any atom is 0.236 e. The highest BCUT2D eigenvalue weighted by Crippen LogP contribution is 2.45. The van der Waals surface area contributed by atoms with Crippen LogP contribution in [0.1, 0.15) is 24.8 Å². The number of nitrogens with zero attached hydrogens (tertiary/aromatic N) is 1. The van der Waals surface area contributed by atoms with E-state index in [9.17, 15) is 9.18 Å². The summed E-state index contributed by atoms with van der Waals surface area (Å²) in [5.41, 5.74) is 1.00. The van der Waals surface area contributed by atoms with E-state index in [1.165, 1.54) is 23.5 Å². The zero-order valence-electron chi connectivity index (χ0n) is 12.4. The number of halogens is 1. The van der Waals surface area contributed by atoms with Crippen molar-refractivity contribution in [2.24, 2.45) is 0 Å². The maximum atomic E-state index is 13.5. The fourth-order valence-electron chi connectivity index (χ4n) is 3.11. The first-order valence-corrected chi connectivity index (χ1v) is 8.42. The fraction of sp³-hybridized carbons (Fsp3) is 0.222. The summed E-state index contributed by atoms with van der Waals surface area (Å²) in [5, 5.41) is 3.53. The molecule has 5 heteroatoms. The van der Waals surface area contributed by atoms with Crippen LogP contribution in [0.3, 0.4) is 0 Å². The van der Waals surface area contributed by atoms with Gasteiger partial charge in [-0.2, -0.15) is 0 Å². The lowest BCUT2D eigenvalue weighted by atomic mass is 9.64. The molecule has 23 heavy (non-hydrogen) atoms. The van der Waals surface area contributed by atoms with E-state index in [0.29, 0.717) is 5.13 Å². The van der Waals surface area contributed by atoms with E-state index in [4.69, 9.17) is 0 Å². The van der Waals surface area contributed by atoms with Crippen molar-refractivity contribution in [3.63, 3.8) is 0 Å². The number of amides is 1. The number of carbonyl (C=O) groups is 1. The second-order valence-corrected chi connectivity index (χ2v) is 6.92. The van der Waals surface area contributed by atoms with E-state index in [1.807, 2.05) is 30.3 Å². The van der Waals surface area contributed by atoms with Crippen molar-refractivity contribution in [3.05, 3.63) is 59.9 Å². The van der Waals surface area contributed by atoms with Crippen molar-refractivity contribution < 1.29 is 9.18 Å². The van der Waals surface area contributed by atoms with Crippen molar-refractivity contribution in [1.82, 2.24) is 4.98 Å². The van der Waals surface area contributed by atoms with Gasteiger partial charge in [0, 0.05) is 0 Å². The average Bonchev–Trinajstić information content (AvgIpc) is 2.88. The topological polar surface area (TPSA) is 42.0 Å². The smallest absolute Gasteiger partial charge is 0.236 e. The molecule has 1 saturated carbocycles. The highest BCUT2D eigenvalue weighted by Gasteiger charge is 2.46. The molecule has 4 rings (SSSR count). The molecule has 0 spiro atoms. The Morgan fingerprint density at radius 2 is 2.00 bits per heavy atom. The van der Waals surface area contributed by atoms with Gasteiger partial charge in [0.05, 0.1) is 15.6 Å². The van der Waals surface area contributed by atoms with Gasteiger partial charge in [-0.05, 0) is 42.7 Å². The Hall–Kier alpha value is -2.27. The Kier molecular flexibility index (Phi) is 3.38. The Balaban J connectivity index is 1.64. The predicted octanol–water partition coefficient (Wildman–Crippen LogP) is 4.50. The first kappa shape index (κ1) is 14.3. The van der Waals surface area contributed by atoms with Gasteiger partial charge < -0.3 is 5.32 Å². The molecule has 0 aliphatic heterocycles. The van der Waals surface area contributed by atoms with Gasteiger partial charge in [0.15, 0.2) is 5.13 Å². The Morgan fingerprint density at radius 1 is 1.17 bits per heavy atom. The first-order chi connectivity index (χ1) is 11.2. The third kappa shape index (κ3) is 2.41. The van der Waals surface area contributed by atoms with Crippen molar-refractivity contribution >= 4 is 32.6 Å². The average molecular weight is 326 g/mol. The molecule has 1 aliphatic carbocycles. The number of thiazole rings is 1. The van der Waals surface area contributed by atoms with E-state index in [0.717, 1.165) is 35.0 Å². The molecule has 1 heterocycles. The second-order valence-electron chi connectivity index (χ2n) is 5.89. The molecule has 0 saturated heterocycles. The number of nitrogens with one attached hydrogen (secondary N) is 1. The van der Waals surface area contributed by atoms with Crippen LogP contribution in [0.5, 0.6) is 0 Å². The molecule has 1 aromatic heterocycles. The molecule has 1 amide bonds. The molecule has 1 fully saturated rings. The minimum atomic E-state index is -0.625. The normalized spacial score (nSPS) is 16.0. The lowest BCUT2D eigenvalue weighted by Gasteiger charge is -2.40. The van der Waals surface area contributed by atoms with E-state index in [2.05, 4.69) is 10.3 Å². The fourth-order valence-corrected chi connectivity index (χ4v) is 3.97. The van der Waals surface area contributed by atoms with Gasteiger partial charge in [-0.1, -0.05) is 42.0 Å². The zero-order chi connectivity index (χ0) is 15.9. The molecule has 116 valence electrons. The highest BCUT2D eigenvalue weighted by molar-refractivity contribution is 7.22. The number of rotatable bonds is 3. The van der Waals surface area contributed by atoms with Gasteiger partial charge >= 0.3 is 0 Å². The molecular formula is C18H15FN2OS. The molecule has 3 nitrogen and oxygen atoms in total. The first-order valence-electron chi connectivity index (χ1n) is 7.60. The molecule has 2 aromatic carbocycles. The summed E-state index contributed by atoms with van der Waals surface area (Å²) < 4.78 is 14.6. The molecule has 1 aliphatic rings. The van der Waals surface area contributed by atoms with E-state index in [-0.39, 0.29) is 11.7 Å². The van der Waals surface area contributed by atoms with Gasteiger partial charge in [0.25, 0.3) is 0 Å². The summed E-state index contributed by atoms with van der Waals surface area (Å²) in [5.74, 6) is -0.394. The van der Waals surface area contributed by atoms with Crippen molar-refractivity contribution in [1.29, 1.82) is 0 Å². The molecule has 0 unspecified atom stereocenters. The van der Waals surface area contributed by atoms with E-state index < -0.39 is 5.41 Å². The molecule has 0 radical (unpaired) electrons. The van der Waals surface area contributed by atoms with Gasteiger partial charge in [-0.15, -0.1) is 0 Å². The van der Waals surface area contributed by atoms with Crippen molar-refractivity contribution in [2.45, 2.75) is 24.7 Å². The van der Waals surface area contributed by atoms with Crippen LogP contribution in [0.4, 0.5) is 9.52 Å². The summed E-state index contributed by atoms with van der Waals surface area (Å²) in [6.07, 6.45) is 2.46. The number of carbonyl (C=O) groups excluding carboxylic acids is 1. The van der Waals surface area contributed by atoms with Crippen LogP contribution < -0.4 is 5.32 Å². The molecule has 0 bridgehead atoms. The second kappa shape index (κ2) is 5.42. The van der Waals surface area contributed by atoms with Crippen LogP contribution in [0.15, 0.2) is 48.5 Å². The Morgan fingerprint density at radius 3 is 2.70 bits per heavy atom. The van der Waals surface area contributed by atoms with Crippen LogP contribution >= 0.6 is 11.3 Å². The summed E-state index contributed by atoms with van der Waals surface area (Å²) in [6.45, 7) is 0. The summed E-state index contributed by atoms with van der Waals surface area (Å²) in [6, 6.07) is 14.1. The number of benzene rings is 2. The quantitative estimate of drug-likeness (QED) is 0.770. The van der Waals surface area contributed by atoms with Crippen LogP contribution in [0.25, 0.3) is 10.2 Å². The minimum Gasteiger partial charge on any atom is -0.301 e. The predicted molar refractivity (Wildman–Crippen MR) is 90.2 cm³/mol. The number of anilines is 1. The third-order valence-electron chi connectivity index (χ3n) is 4.53. The van der Waals surface area contributed by atoms with E-state index in [1.54, 1.807) is 6.07 Å². The lowest BCUT2D eigenvalue weighted by molar-refractivity contribution is -0.124. The van der Waals surface area contributed by atoms with Crippen molar-refractivity contribution in [3.8, 4) is 0 Å².